The van der Waals surface area contributed by atoms with E-state index >= 15 is 0 Å². The number of ketones is 1. The number of benzene rings is 1. The highest BCUT2D eigenvalue weighted by Crippen LogP contribution is 2.18. The second kappa shape index (κ2) is 3.39. The van der Waals surface area contributed by atoms with E-state index in [0.29, 0.717) is 11.3 Å². The number of hydrogen-bond acceptors (Lipinski definition) is 2. The second-order valence-electron chi connectivity index (χ2n) is 2.79. The molecule has 1 aromatic rings. The molecule has 0 saturated heterocycles. The number of anilines is 1. The molecule has 2 heteroatoms. The van der Waals surface area contributed by atoms with Crippen molar-refractivity contribution in [1.82, 2.24) is 0 Å². The summed E-state index contributed by atoms with van der Waals surface area (Å²) in [4.78, 5) is 11.1. The number of carbonyl (C=O) groups excluding carboxylic acids is 1. The third-order valence-corrected chi connectivity index (χ3v) is 1.96. The molecular formula is C10H13NO. The predicted molar refractivity (Wildman–Crippen MR) is 50.2 cm³/mol. The maximum atomic E-state index is 11.1. The number of rotatable bonds is 2. The SMILES string of the molecule is CCc1cccc(C(C)=O)c1N. The monoisotopic (exact) mass is 163 g/mol. The van der Waals surface area contributed by atoms with E-state index in [1.807, 2.05) is 19.1 Å². The lowest BCUT2D eigenvalue weighted by atomic mass is 10.0. The number of carbonyl (C=O) groups is 1. The summed E-state index contributed by atoms with van der Waals surface area (Å²) < 4.78 is 0. The number of nitrogens with two attached hydrogens (primary N) is 1. The molecule has 64 valence electrons. The number of Topliss-reactive ketones (excluding diaryl/α,β-unsaturated/α-hetero) is 1. The van der Waals surface area contributed by atoms with Crippen molar-refractivity contribution in [2.45, 2.75) is 20.3 Å². The van der Waals surface area contributed by atoms with Crippen LogP contribution in [0.5, 0.6) is 0 Å². The average Bonchev–Trinajstić information content (AvgIpc) is 2.04. The fourth-order valence-electron chi connectivity index (χ4n) is 1.23. The van der Waals surface area contributed by atoms with Crippen molar-refractivity contribution in [2.24, 2.45) is 0 Å². The third kappa shape index (κ3) is 1.47. The maximum Gasteiger partial charge on any atom is 0.161 e. The highest BCUT2D eigenvalue weighted by molar-refractivity contribution is 5.99. The van der Waals surface area contributed by atoms with E-state index < -0.39 is 0 Å². The number of aryl methyl sites for hydroxylation is 1. The zero-order valence-corrected chi connectivity index (χ0v) is 7.42. The van der Waals surface area contributed by atoms with E-state index in [1.165, 1.54) is 6.92 Å². The molecule has 0 atom stereocenters. The molecule has 0 aliphatic rings. The molecule has 0 saturated carbocycles. The zero-order chi connectivity index (χ0) is 9.14. The van der Waals surface area contributed by atoms with Crippen molar-refractivity contribution in [1.29, 1.82) is 0 Å². The van der Waals surface area contributed by atoms with Crippen LogP contribution in [0.15, 0.2) is 18.2 Å². The first-order valence-electron chi connectivity index (χ1n) is 4.05. The first kappa shape index (κ1) is 8.78. The maximum absolute atomic E-state index is 11.1. The van der Waals surface area contributed by atoms with Crippen LogP contribution in [0.3, 0.4) is 0 Å². The molecule has 1 rings (SSSR count). The normalized spacial score (nSPS) is 9.83. The Morgan fingerprint density at radius 3 is 2.67 bits per heavy atom. The van der Waals surface area contributed by atoms with Crippen LogP contribution in [0.2, 0.25) is 0 Å². The van der Waals surface area contributed by atoms with Gasteiger partial charge in [-0.1, -0.05) is 19.1 Å². The van der Waals surface area contributed by atoms with E-state index in [1.54, 1.807) is 6.07 Å². The quantitative estimate of drug-likeness (QED) is 0.535. The number of hydrogen-bond donors (Lipinski definition) is 1. The first-order chi connectivity index (χ1) is 5.66. The molecule has 0 radical (unpaired) electrons. The zero-order valence-electron chi connectivity index (χ0n) is 7.42. The Bertz CT molecular complexity index is 305. The average molecular weight is 163 g/mol. The summed E-state index contributed by atoms with van der Waals surface area (Å²) in [6, 6.07) is 5.57. The molecule has 1 aromatic carbocycles. The Balaban J connectivity index is 3.23. The van der Waals surface area contributed by atoms with Crippen molar-refractivity contribution in [3.8, 4) is 0 Å². The fourth-order valence-corrected chi connectivity index (χ4v) is 1.23. The van der Waals surface area contributed by atoms with Gasteiger partial charge in [-0.3, -0.25) is 4.79 Å². The van der Waals surface area contributed by atoms with Gasteiger partial charge < -0.3 is 5.73 Å². The topological polar surface area (TPSA) is 43.1 Å². The fraction of sp³-hybridized carbons (Fsp3) is 0.300. The van der Waals surface area contributed by atoms with Crippen LogP contribution in [0.1, 0.15) is 29.8 Å². The van der Waals surface area contributed by atoms with Crippen molar-refractivity contribution < 1.29 is 4.79 Å². The summed E-state index contributed by atoms with van der Waals surface area (Å²) in [6.45, 7) is 3.56. The molecule has 0 fully saturated rings. The predicted octanol–water partition coefficient (Wildman–Crippen LogP) is 2.03. The second-order valence-corrected chi connectivity index (χ2v) is 2.79. The number of para-hydroxylation sites is 1. The summed E-state index contributed by atoms with van der Waals surface area (Å²) >= 11 is 0. The summed E-state index contributed by atoms with van der Waals surface area (Å²) in [6.07, 6.45) is 0.868. The van der Waals surface area contributed by atoms with Crippen LogP contribution in [-0.2, 0) is 6.42 Å². The third-order valence-electron chi connectivity index (χ3n) is 1.96. The Labute approximate surface area is 72.4 Å². The summed E-state index contributed by atoms with van der Waals surface area (Å²) in [5, 5.41) is 0. The lowest BCUT2D eigenvalue weighted by Crippen LogP contribution is -2.02. The highest BCUT2D eigenvalue weighted by Gasteiger charge is 2.06. The van der Waals surface area contributed by atoms with E-state index in [9.17, 15) is 4.79 Å². The number of nitrogen functional groups attached to an aromatic ring is 1. The molecule has 2 nitrogen and oxygen atoms in total. The Morgan fingerprint density at radius 1 is 1.50 bits per heavy atom. The first-order valence-corrected chi connectivity index (χ1v) is 4.05. The molecule has 0 aromatic heterocycles. The summed E-state index contributed by atoms with van der Waals surface area (Å²) in [5.74, 6) is 0.0304. The van der Waals surface area contributed by atoms with Gasteiger partial charge in [0.05, 0.1) is 0 Å². The minimum absolute atomic E-state index is 0.0304. The summed E-state index contributed by atoms with van der Waals surface area (Å²) in [7, 11) is 0. The lowest BCUT2D eigenvalue weighted by Gasteiger charge is -2.05. The van der Waals surface area contributed by atoms with Crippen molar-refractivity contribution in [3.63, 3.8) is 0 Å². The molecule has 0 spiro atoms. The minimum atomic E-state index is 0.0304. The molecule has 2 N–H and O–H groups in total. The van der Waals surface area contributed by atoms with Gasteiger partial charge in [0.2, 0.25) is 0 Å². The molecular weight excluding hydrogens is 150 g/mol. The van der Waals surface area contributed by atoms with Gasteiger partial charge in [0.25, 0.3) is 0 Å². The van der Waals surface area contributed by atoms with Gasteiger partial charge in [-0.2, -0.15) is 0 Å². The Morgan fingerprint density at radius 2 is 2.17 bits per heavy atom. The van der Waals surface area contributed by atoms with E-state index in [-0.39, 0.29) is 5.78 Å². The van der Waals surface area contributed by atoms with Crippen LogP contribution >= 0.6 is 0 Å². The van der Waals surface area contributed by atoms with E-state index in [4.69, 9.17) is 5.73 Å². The van der Waals surface area contributed by atoms with Crippen molar-refractivity contribution in [2.75, 3.05) is 5.73 Å². The highest BCUT2D eigenvalue weighted by atomic mass is 16.1. The van der Waals surface area contributed by atoms with Crippen LogP contribution in [-0.4, -0.2) is 5.78 Å². The van der Waals surface area contributed by atoms with Crippen LogP contribution in [0.4, 0.5) is 5.69 Å². The molecule has 12 heavy (non-hydrogen) atoms. The molecule has 0 aliphatic heterocycles. The lowest BCUT2D eigenvalue weighted by molar-refractivity contribution is 0.101. The van der Waals surface area contributed by atoms with Gasteiger partial charge in [-0.25, -0.2) is 0 Å². The Hall–Kier alpha value is -1.31. The largest absolute Gasteiger partial charge is 0.398 e. The van der Waals surface area contributed by atoms with Gasteiger partial charge >= 0.3 is 0 Å². The van der Waals surface area contributed by atoms with Gasteiger partial charge in [-0.05, 0) is 25.0 Å². The summed E-state index contributed by atoms with van der Waals surface area (Å²) in [5.41, 5.74) is 8.08. The van der Waals surface area contributed by atoms with Gasteiger partial charge in [0.1, 0.15) is 0 Å². The molecule has 0 heterocycles. The molecule has 0 unspecified atom stereocenters. The van der Waals surface area contributed by atoms with E-state index in [0.717, 1.165) is 12.0 Å². The van der Waals surface area contributed by atoms with Gasteiger partial charge in [0.15, 0.2) is 5.78 Å². The molecule has 0 bridgehead atoms. The van der Waals surface area contributed by atoms with Crippen molar-refractivity contribution in [3.05, 3.63) is 29.3 Å². The molecule has 0 aliphatic carbocycles. The van der Waals surface area contributed by atoms with E-state index in [2.05, 4.69) is 0 Å². The standard InChI is InChI=1S/C10H13NO/c1-3-8-5-4-6-9(7(2)12)10(8)11/h4-6H,3,11H2,1-2H3. The van der Waals surface area contributed by atoms with Crippen molar-refractivity contribution >= 4 is 11.5 Å². The van der Waals surface area contributed by atoms with Gasteiger partial charge in [-0.15, -0.1) is 0 Å². The Kier molecular flexibility index (Phi) is 2.48. The van der Waals surface area contributed by atoms with Crippen LogP contribution in [0.25, 0.3) is 0 Å². The molecule has 0 amide bonds. The van der Waals surface area contributed by atoms with Gasteiger partial charge in [0, 0.05) is 11.3 Å². The van der Waals surface area contributed by atoms with Crippen LogP contribution in [0, 0.1) is 0 Å². The minimum Gasteiger partial charge on any atom is -0.398 e. The smallest absolute Gasteiger partial charge is 0.161 e. The van der Waals surface area contributed by atoms with Crippen LogP contribution < -0.4 is 5.73 Å².